The number of halogens is 1. The fraction of sp³-hybridized carbons (Fsp3) is 0.727. The van der Waals surface area contributed by atoms with Gasteiger partial charge in [0.15, 0.2) is 0 Å². The van der Waals surface area contributed by atoms with Crippen LogP contribution in [0.25, 0.3) is 0 Å². The first-order valence-corrected chi connectivity index (χ1v) is 7.84. The first-order valence-electron chi connectivity index (χ1n) is 5.69. The highest BCUT2D eigenvalue weighted by Gasteiger charge is 2.23. The molecule has 0 saturated carbocycles. The Kier molecular flexibility index (Phi) is 5.19. The van der Waals surface area contributed by atoms with Crippen LogP contribution in [0.1, 0.15) is 23.9 Å². The van der Waals surface area contributed by atoms with E-state index in [4.69, 9.17) is 16.1 Å². The van der Waals surface area contributed by atoms with Crippen molar-refractivity contribution in [1.82, 2.24) is 9.46 Å². The second-order valence-electron chi connectivity index (χ2n) is 4.60. The lowest BCUT2D eigenvalue weighted by Crippen LogP contribution is -2.31. The number of sulfonamides is 1. The standard InChI is InChI=1S/C11H19ClN2O3S/c1-8(5-12)7-18(15,16)14(4)6-11-9(2)13-17-10(11)3/h8H,5-7H2,1-4H3. The second kappa shape index (κ2) is 6.04. The van der Waals surface area contributed by atoms with Gasteiger partial charge in [-0.05, 0) is 19.8 Å². The molecule has 18 heavy (non-hydrogen) atoms. The van der Waals surface area contributed by atoms with E-state index in [-0.39, 0.29) is 18.2 Å². The molecule has 0 saturated heterocycles. The normalized spacial score (nSPS) is 14.1. The van der Waals surface area contributed by atoms with E-state index in [9.17, 15) is 8.42 Å². The molecule has 0 aromatic carbocycles. The van der Waals surface area contributed by atoms with Gasteiger partial charge >= 0.3 is 0 Å². The Morgan fingerprint density at radius 2 is 2.06 bits per heavy atom. The van der Waals surface area contributed by atoms with Crippen LogP contribution < -0.4 is 0 Å². The summed E-state index contributed by atoms with van der Waals surface area (Å²) in [6.45, 7) is 5.66. The van der Waals surface area contributed by atoms with Gasteiger partial charge in [-0.2, -0.15) is 0 Å². The number of aromatic nitrogens is 1. The molecule has 1 heterocycles. The van der Waals surface area contributed by atoms with Crippen LogP contribution in [0.2, 0.25) is 0 Å². The zero-order chi connectivity index (χ0) is 13.9. The fourth-order valence-corrected chi connectivity index (χ4v) is 3.24. The topological polar surface area (TPSA) is 63.4 Å². The van der Waals surface area contributed by atoms with Gasteiger partial charge in [-0.25, -0.2) is 12.7 Å². The van der Waals surface area contributed by atoms with Crippen LogP contribution in [-0.4, -0.2) is 36.6 Å². The van der Waals surface area contributed by atoms with E-state index in [1.807, 2.05) is 6.92 Å². The molecule has 0 radical (unpaired) electrons. The predicted octanol–water partition coefficient (Wildman–Crippen LogP) is 1.93. The van der Waals surface area contributed by atoms with Crippen molar-refractivity contribution in [3.63, 3.8) is 0 Å². The van der Waals surface area contributed by atoms with Crippen molar-refractivity contribution < 1.29 is 12.9 Å². The average Bonchev–Trinajstić information content (AvgIpc) is 2.60. The Bertz CT molecular complexity index is 479. The van der Waals surface area contributed by atoms with Crippen molar-refractivity contribution >= 4 is 21.6 Å². The van der Waals surface area contributed by atoms with Gasteiger partial charge in [0, 0.05) is 25.0 Å². The van der Waals surface area contributed by atoms with Gasteiger partial charge in [-0.3, -0.25) is 0 Å². The third-order valence-corrected chi connectivity index (χ3v) is 5.39. The first-order chi connectivity index (χ1) is 8.27. The summed E-state index contributed by atoms with van der Waals surface area (Å²) in [6.07, 6.45) is 0. The summed E-state index contributed by atoms with van der Waals surface area (Å²) in [6, 6.07) is 0. The summed E-state index contributed by atoms with van der Waals surface area (Å²) in [5.74, 6) is 0.970. The average molecular weight is 295 g/mol. The van der Waals surface area contributed by atoms with Crippen LogP contribution in [0, 0.1) is 19.8 Å². The Morgan fingerprint density at radius 1 is 1.44 bits per heavy atom. The highest BCUT2D eigenvalue weighted by atomic mass is 35.5. The van der Waals surface area contributed by atoms with Crippen molar-refractivity contribution in [2.75, 3.05) is 18.7 Å². The molecule has 0 bridgehead atoms. The van der Waals surface area contributed by atoms with Crippen LogP contribution in [0.3, 0.4) is 0 Å². The van der Waals surface area contributed by atoms with E-state index in [0.717, 1.165) is 11.3 Å². The quantitative estimate of drug-likeness (QED) is 0.752. The summed E-state index contributed by atoms with van der Waals surface area (Å²) >= 11 is 5.65. The van der Waals surface area contributed by atoms with E-state index in [2.05, 4.69) is 5.16 Å². The van der Waals surface area contributed by atoms with Gasteiger partial charge in [0.25, 0.3) is 0 Å². The number of hydrogen-bond donors (Lipinski definition) is 0. The zero-order valence-electron chi connectivity index (χ0n) is 11.1. The molecule has 104 valence electrons. The van der Waals surface area contributed by atoms with Crippen molar-refractivity contribution in [2.24, 2.45) is 5.92 Å². The molecule has 0 fully saturated rings. The molecule has 0 aliphatic rings. The van der Waals surface area contributed by atoms with E-state index < -0.39 is 10.0 Å². The van der Waals surface area contributed by atoms with Gasteiger partial charge in [-0.1, -0.05) is 12.1 Å². The lowest BCUT2D eigenvalue weighted by Gasteiger charge is -2.18. The molecular weight excluding hydrogens is 276 g/mol. The minimum atomic E-state index is -3.30. The lowest BCUT2D eigenvalue weighted by atomic mass is 10.2. The van der Waals surface area contributed by atoms with Crippen LogP contribution in [0.4, 0.5) is 0 Å². The smallest absolute Gasteiger partial charge is 0.214 e. The monoisotopic (exact) mass is 294 g/mol. The molecule has 1 aromatic heterocycles. The molecule has 7 heteroatoms. The number of hydrogen-bond acceptors (Lipinski definition) is 4. The summed E-state index contributed by atoms with van der Waals surface area (Å²) in [7, 11) is -1.74. The van der Waals surface area contributed by atoms with Crippen molar-refractivity contribution in [3.8, 4) is 0 Å². The molecular formula is C11H19ClN2O3S. The van der Waals surface area contributed by atoms with Crippen LogP contribution >= 0.6 is 11.6 Å². The molecule has 0 amide bonds. The molecule has 0 N–H and O–H groups in total. The lowest BCUT2D eigenvalue weighted by molar-refractivity contribution is 0.389. The molecule has 1 aromatic rings. The number of alkyl halides is 1. The summed E-state index contributed by atoms with van der Waals surface area (Å²) < 4.78 is 30.5. The van der Waals surface area contributed by atoms with Crippen molar-refractivity contribution in [2.45, 2.75) is 27.3 Å². The summed E-state index contributed by atoms with van der Waals surface area (Å²) in [4.78, 5) is 0. The number of nitrogens with zero attached hydrogens (tertiary/aromatic N) is 2. The first kappa shape index (κ1) is 15.5. The Labute approximate surface area is 113 Å². The molecule has 0 aliphatic carbocycles. The second-order valence-corrected chi connectivity index (χ2v) is 7.03. The summed E-state index contributed by atoms with van der Waals surface area (Å²) in [5, 5.41) is 3.81. The summed E-state index contributed by atoms with van der Waals surface area (Å²) in [5.41, 5.74) is 1.54. The number of rotatable bonds is 6. The molecule has 1 rings (SSSR count). The maximum atomic E-state index is 12.1. The van der Waals surface area contributed by atoms with Crippen LogP contribution in [-0.2, 0) is 16.6 Å². The Hall–Kier alpha value is -0.590. The minimum absolute atomic E-state index is 0.0520. The minimum Gasteiger partial charge on any atom is -0.361 e. The van der Waals surface area contributed by atoms with E-state index in [1.165, 1.54) is 4.31 Å². The third-order valence-electron chi connectivity index (χ3n) is 2.80. The molecule has 0 spiro atoms. The van der Waals surface area contributed by atoms with Gasteiger partial charge in [0.1, 0.15) is 5.76 Å². The fourth-order valence-electron chi connectivity index (χ4n) is 1.58. The Morgan fingerprint density at radius 3 is 2.50 bits per heavy atom. The van der Waals surface area contributed by atoms with Crippen LogP contribution in [0.15, 0.2) is 4.52 Å². The molecule has 5 nitrogen and oxygen atoms in total. The van der Waals surface area contributed by atoms with E-state index in [0.29, 0.717) is 11.6 Å². The van der Waals surface area contributed by atoms with Gasteiger partial charge in [0.05, 0.1) is 11.4 Å². The number of aryl methyl sites for hydroxylation is 2. The molecule has 1 atom stereocenters. The van der Waals surface area contributed by atoms with E-state index >= 15 is 0 Å². The highest BCUT2D eigenvalue weighted by molar-refractivity contribution is 7.89. The maximum absolute atomic E-state index is 12.1. The Balaban J connectivity index is 2.79. The van der Waals surface area contributed by atoms with Gasteiger partial charge < -0.3 is 4.52 Å². The zero-order valence-corrected chi connectivity index (χ0v) is 12.7. The van der Waals surface area contributed by atoms with Crippen LogP contribution in [0.5, 0.6) is 0 Å². The van der Waals surface area contributed by atoms with Gasteiger partial charge in [0.2, 0.25) is 10.0 Å². The predicted molar refractivity (Wildman–Crippen MR) is 71.1 cm³/mol. The largest absolute Gasteiger partial charge is 0.361 e. The third kappa shape index (κ3) is 3.70. The highest BCUT2D eigenvalue weighted by Crippen LogP contribution is 2.17. The SMILES string of the molecule is Cc1noc(C)c1CN(C)S(=O)(=O)CC(C)CCl. The maximum Gasteiger partial charge on any atom is 0.214 e. The van der Waals surface area contributed by atoms with Crippen molar-refractivity contribution in [3.05, 3.63) is 17.0 Å². The molecule has 1 unspecified atom stereocenters. The van der Waals surface area contributed by atoms with Crippen molar-refractivity contribution in [1.29, 1.82) is 0 Å². The van der Waals surface area contributed by atoms with Gasteiger partial charge in [-0.15, -0.1) is 11.6 Å². The van der Waals surface area contributed by atoms with E-state index in [1.54, 1.807) is 20.9 Å². The molecule has 0 aliphatic heterocycles.